The summed E-state index contributed by atoms with van der Waals surface area (Å²) in [4.78, 5) is 13.3. The van der Waals surface area contributed by atoms with Crippen LogP contribution in [0.1, 0.15) is 38.8 Å². The van der Waals surface area contributed by atoms with Gasteiger partial charge < -0.3 is 10.2 Å². The lowest BCUT2D eigenvalue weighted by atomic mass is 9.87. The second kappa shape index (κ2) is 6.71. The second-order valence-corrected chi connectivity index (χ2v) is 5.96. The fourth-order valence-corrected chi connectivity index (χ4v) is 1.75. The lowest BCUT2D eigenvalue weighted by Gasteiger charge is -2.19. The maximum absolute atomic E-state index is 11.6. The average Bonchev–Trinajstić information content (AvgIpc) is 2.37. The second-order valence-electron chi connectivity index (χ2n) is 5.96. The summed E-state index contributed by atoms with van der Waals surface area (Å²) in [5.74, 6) is 0.133. The fourth-order valence-electron chi connectivity index (χ4n) is 1.75. The third-order valence-corrected chi connectivity index (χ3v) is 3.33. The number of hydrogen-bond donors (Lipinski definition) is 1. The molecule has 1 rings (SSSR count). The van der Waals surface area contributed by atoms with Crippen LogP contribution in [0.2, 0.25) is 0 Å². The molecule has 3 nitrogen and oxygen atoms in total. The lowest BCUT2D eigenvalue weighted by Crippen LogP contribution is -2.35. The van der Waals surface area contributed by atoms with Gasteiger partial charge in [-0.2, -0.15) is 0 Å². The van der Waals surface area contributed by atoms with Crippen LogP contribution >= 0.6 is 0 Å². The zero-order valence-corrected chi connectivity index (χ0v) is 12.8. The van der Waals surface area contributed by atoms with Crippen LogP contribution in [-0.2, 0) is 16.8 Å². The van der Waals surface area contributed by atoms with E-state index in [-0.39, 0.29) is 11.3 Å². The molecule has 3 heteroatoms. The van der Waals surface area contributed by atoms with E-state index in [0.717, 1.165) is 13.1 Å². The van der Waals surface area contributed by atoms with Crippen LogP contribution in [0.15, 0.2) is 24.3 Å². The summed E-state index contributed by atoms with van der Waals surface area (Å²) >= 11 is 0. The Balaban J connectivity index is 2.45. The smallest absolute Gasteiger partial charge is 0.236 e. The van der Waals surface area contributed by atoms with Crippen molar-refractivity contribution in [2.24, 2.45) is 0 Å². The summed E-state index contributed by atoms with van der Waals surface area (Å²) in [5, 5.41) is 3.18. The van der Waals surface area contributed by atoms with Gasteiger partial charge in [0.2, 0.25) is 5.91 Å². The Kier molecular flexibility index (Phi) is 5.55. The van der Waals surface area contributed by atoms with Gasteiger partial charge >= 0.3 is 0 Å². The summed E-state index contributed by atoms with van der Waals surface area (Å²) in [5.41, 5.74) is 2.73. The highest BCUT2D eigenvalue weighted by molar-refractivity contribution is 5.77. The van der Waals surface area contributed by atoms with Gasteiger partial charge in [-0.1, -0.05) is 45.0 Å². The van der Waals surface area contributed by atoms with Crippen molar-refractivity contribution in [2.75, 3.05) is 20.1 Å². The van der Waals surface area contributed by atoms with E-state index in [2.05, 4.69) is 50.4 Å². The van der Waals surface area contributed by atoms with Gasteiger partial charge in [-0.25, -0.2) is 0 Å². The first-order chi connectivity index (χ1) is 8.84. The van der Waals surface area contributed by atoms with Crippen LogP contribution in [0.25, 0.3) is 0 Å². The topological polar surface area (TPSA) is 32.3 Å². The third-order valence-electron chi connectivity index (χ3n) is 3.33. The maximum atomic E-state index is 11.6. The molecular formula is C16H26N2O. The van der Waals surface area contributed by atoms with Gasteiger partial charge in [-0.15, -0.1) is 0 Å². The van der Waals surface area contributed by atoms with Gasteiger partial charge in [0.1, 0.15) is 0 Å². The normalized spacial score (nSPS) is 11.4. The molecule has 0 saturated heterocycles. The molecule has 0 aliphatic rings. The number of rotatable bonds is 5. The number of amides is 1. The first-order valence-corrected chi connectivity index (χ1v) is 6.88. The molecule has 0 aliphatic heterocycles. The Bertz CT molecular complexity index is 404. The standard InChI is InChI=1S/C16H26N2O/c1-6-18(5)15(19)12-17-11-13-7-9-14(10-8-13)16(2,3)4/h7-10,17H,6,11-12H2,1-5H3. The highest BCUT2D eigenvalue weighted by atomic mass is 16.2. The SMILES string of the molecule is CCN(C)C(=O)CNCc1ccc(C(C)(C)C)cc1. The molecule has 0 unspecified atom stereocenters. The molecule has 0 atom stereocenters. The molecule has 0 spiro atoms. The molecule has 1 aromatic carbocycles. The minimum absolute atomic E-state index is 0.133. The fraction of sp³-hybridized carbons (Fsp3) is 0.562. The molecule has 0 saturated carbocycles. The van der Waals surface area contributed by atoms with Crippen molar-refractivity contribution >= 4 is 5.91 Å². The largest absolute Gasteiger partial charge is 0.345 e. The summed E-state index contributed by atoms with van der Waals surface area (Å²) in [6, 6.07) is 8.58. The van der Waals surface area contributed by atoms with Gasteiger partial charge in [0.05, 0.1) is 6.54 Å². The molecule has 0 aromatic heterocycles. The molecule has 19 heavy (non-hydrogen) atoms. The van der Waals surface area contributed by atoms with Crippen molar-refractivity contribution in [3.63, 3.8) is 0 Å². The molecule has 0 aliphatic carbocycles. The number of hydrogen-bond acceptors (Lipinski definition) is 2. The lowest BCUT2D eigenvalue weighted by molar-refractivity contribution is -0.128. The van der Waals surface area contributed by atoms with Gasteiger partial charge in [0.15, 0.2) is 0 Å². The number of carbonyl (C=O) groups is 1. The number of likely N-dealkylation sites (N-methyl/N-ethyl adjacent to an activating group) is 1. The minimum atomic E-state index is 0.133. The summed E-state index contributed by atoms with van der Waals surface area (Å²) in [6.45, 7) is 10.5. The monoisotopic (exact) mass is 262 g/mol. The van der Waals surface area contributed by atoms with Gasteiger partial charge in [-0.05, 0) is 23.5 Å². The molecule has 106 valence electrons. The molecule has 0 radical (unpaired) electrons. The van der Waals surface area contributed by atoms with Crippen molar-refractivity contribution in [2.45, 2.75) is 39.7 Å². The van der Waals surface area contributed by atoms with Crippen molar-refractivity contribution < 1.29 is 4.79 Å². The average molecular weight is 262 g/mol. The highest BCUT2D eigenvalue weighted by Gasteiger charge is 2.12. The Labute approximate surface area is 117 Å². The Morgan fingerprint density at radius 3 is 2.26 bits per heavy atom. The van der Waals surface area contributed by atoms with Gasteiger partial charge in [0.25, 0.3) is 0 Å². The number of benzene rings is 1. The molecule has 0 fully saturated rings. The molecule has 1 N–H and O–H groups in total. The van der Waals surface area contributed by atoms with E-state index in [0.29, 0.717) is 6.54 Å². The quantitative estimate of drug-likeness (QED) is 0.884. The van der Waals surface area contributed by atoms with Crippen molar-refractivity contribution in [3.8, 4) is 0 Å². The molecule has 1 aromatic rings. The van der Waals surface area contributed by atoms with Crippen molar-refractivity contribution in [1.82, 2.24) is 10.2 Å². The van der Waals surface area contributed by atoms with E-state index < -0.39 is 0 Å². The van der Waals surface area contributed by atoms with E-state index in [9.17, 15) is 4.79 Å². The Morgan fingerprint density at radius 1 is 1.21 bits per heavy atom. The van der Waals surface area contributed by atoms with Crippen molar-refractivity contribution in [3.05, 3.63) is 35.4 Å². The highest BCUT2D eigenvalue weighted by Crippen LogP contribution is 2.22. The van der Waals surface area contributed by atoms with E-state index in [1.165, 1.54) is 11.1 Å². The van der Waals surface area contributed by atoms with Crippen LogP contribution in [0.3, 0.4) is 0 Å². The Morgan fingerprint density at radius 2 is 1.79 bits per heavy atom. The van der Waals surface area contributed by atoms with Crippen LogP contribution in [0, 0.1) is 0 Å². The zero-order chi connectivity index (χ0) is 14.5. The van der Waals surface area contributed by atoms with E-state index in [1.54, 1.807) is 4.90 Å². The van der Waals surface area contributed by atoms with Crippen molar-refractivity contribution in [1.29, 1.82) is 0 Å². The number of carbonyl (C=O) groups excluding carboxylic acids is 1. The van der Waals surface area contributed by atoms with Crippen LogP contribution in [0.5, 0.6) is 0 Å². The number of nitrogens with zero attached hydrogens (tertiary/aromatic N) is 1. The van der Waals surface area contributed by atoms with E-state index in [1.807, 2.05) is 14.0 Å². The van der Waals surface area contributed by atoms with Gasteiger partial charge in [-0.3, -0.25) is 4.79 Å². The predicted octanol–water partition coefficient (Wildman–Crippen LogP) is 2.55. The summed E-state index contributed by atoms with van der Waals surface area (Å²) in [7, 11) is 1.82. The first kappa shape index (κ1) is 15.7. The summed E-state index contributed by atoms with van der Waals surface area (Å²) < 4.78 is 0. The maximum Gasteiger partial charge on any atom is 0.236 e. The van der Waals surface area contributed by atoms with Crippen LogP contribution in [-0.4, -0.2) is 30.9 Å². The van der Waals surface area contributed by atoms with Gasteiger partial charge in [0, 0.05) is 20.1 Å². The van der Waals surface area contributed by atoms with E-state index in [4.69, 9.17) is 0 Å². The van der Waals surface area contributed by atoms with Crippen LogP contribution < -0.4 is 5.32 Å². The summed E-state index contributed by atoms with van der Waals surface area (Å²) in [6.07, 6.45) is 0. The Hall–Kier alpha value is -1.35. The first-order valence-electron chi connectivity index (χ1n) is 6.88. The zero-order valence-electron chi connectivity index (χ0n) is 12.8. The predicted molar refractivity (Wildman–Crippen MR) is 80.2 cm³/mol. The minimum Gasteiger partial charge on any atom is -0.345 e. The van der Waals surface area contributed by atoms with Crippen LogP contribution in [0.4, 0.5) is 0 Å². The number of nitrogens with one attached hydrogen (secondary N) is 1. The molecular weight excluding hydrogens is 236 g/mol. The van der Waals surface area contributed by atoms with E-state index >= 15 is 0 Å². The third kappa shape index (κ3) is 5.03. The molecule has 0 bridgehead atoms. The molecule has 0 heterocycles. The molecule has 1 amide bonds.